The number of rotatable bonds is 4. The first-order valence-electron chi connectivity index (χ1n) is 4.24. The molecule has 0 bridgehead atoms. The molecule has 0 atom stereocenters. The molecule has 0 fully saturated rings. The molecule has 4 nitrogen and oxygen atoms in total. The molecule has 15 heavy (non-hydrogen) atoms. The molecular formula is C10H10ClNO3. The van der Waals surface area contributed by atoms with E-state index < -0.39 is 5.97 Å². The normalized spacial score (nSPS) is 11.2. The molecule has 0 aliphatic rings. The number of allylic oxidation sites excluding steroid dienone is 1. The van der Waals surface area contributed by atoms with Crippen LogP contribution >= 0.6 is 11.6 Å². The minimum absolute atomic E-state index is 0.00795. The third-order valence-corrected chi connectivity index (χ3v) is 1.72. The van der Waals surface area contributed by atoms with Gasteiger partial charge in [-0.2, -0.15) is 0 Å². The number of carboxylic acid groups (broad SMARTS) is 1. The number of carbonyl (C=O) groups is 1. The van der Waals surface area contributed by atoms with Crippen LogP contribution in [0.15, 0.2) is 29.4 Å². The third kappa shape index (κ3) is 3.99. The quantitative estimate of drug-likeness (QED) is 0.858. The van der Waals surface area contributed by atoms with E-state index in [9.17, 15) is 4.79 Å². The van der Waals surface area contributed by atoms with Crippen molar-refractivity contribution in [2.45, 2.75) is 6.92 Å². The van der Waals surface area contributed by atoms with E-state index in [0.29, 0.717) is 17.4 Å². The second-order valence-corrected chi connectivity index (χ2v) is 3.38. The van der Waals surface area contributed by atoms with Crippen LogP contribution in [0.2, 0.25) is 0 Å². The lowest BCUT2D eigenvalue weighted by Crippen LogP contribution is -2.00. The number of halogens is 1. The van der Waals surface area contributed by atoms with Crippen LogP contribution < -0.4 is 4.74 Å². The fourth-order valence-corrected chi connectivity index (χ4v) is 0.908. The van der Waals surface area contributed by atoms with Gasteiger partial charge in [0.05, 0.1) is 6.20 Å². The largest absolute Gasteiger partial charge is 0.488 e. The smallest absolute Gasteiger partial charge is 0.354 e. The van der Waals surface area contributed by atoms with E-state index in [4.69, 9.17) is 21.4 Å². The summed E-state index contributed by atoms with van der Waals surface area (Å²) in [5, 5.41) is 9.24. The van der Waals surface area contributed by atoms with Gasteiger partial charge in [-0.3, -0.25) is 0 Å². The summed E-state index contributed by atoms with van der Waals surface area (Å²) in [5.74, 6) is -0.549. The molecule has 1 N–H and O–H groups in total. The maximum atomic E-state index is 10.5. The topological polar surface area (TPSA) is 59.4 Å². The predicted octanol–water partition coefficient (Wildman–Crippen LogP) is 2.30. The number of nitrogens with zero attached hydrogens (tertiary/aromatic N) is 1. The van der Waals surface area contributed by atoms with Gasteiger partial charge in [-0.05, 0) is 25.1 Å². The molecule has 0 radical (unpaired) electrons. The molecule has 0 spiro atoms. The lowest BCUT2D eigenvalue weighted by atomic mass is 10.3. The molecule has 5 heteroatoms. The Morgan fingerprint density at radius 3 is 2.87 bits per heavy atom. The van der Waals surface area contributed by atoms with E-state index >= 15 is 0 Å². The average Bonchev–Trinajstić information content (AvgIpc) is 2.18. The number of ether oxygens (including phenoxy) is 1. The van der Waals surface area contributed by atoms with Crippen LogP contribution in [-0.4, -0.2) is 22.7 Å². The molecule has 0 aliphatic heterocycles. The van der Waals surface area contributed by atoms with Crippen molar-refractivity contribution in [1.29, 1.82) is 0 Å². The van der Waals surface area contributed by atoms with Gasteiger partial charge in [0.1, 0.15) is 18.1 Å². The standard InChI is InChI=1S/C10H10ClNO3/c1-7(11)4-5-15-8-2-3-9(10(13)14)12-6-8/h2-4,6H,5H2,1H3,(H,13,14). The van der Waals surface area contributed by atoms with E-state index in [1.807, 2.05) is 0 Å². The summed E-state index contributed by atoms with van der Waals surface area (Å²) in [4.78, 5) is 14.2. The van der Waals surface area contributed by atoms with E-state index in [1.54, 1.807) is 19.1 Å². The Labute approximate surface area is 92.2 Å². The fraction of sp³-hybridized carbons (Fsp3) is 0.200. The summed E-state index contributed by atoms with van der Waals surface area (Å²) < 4.78 is 5.24. The number of hydrogen-bond acceptors (Lipinski definition) is 3. The monoisotopic (exact) mass is 227 g/mol. The Balaban J connectivity index is 2.57. The van der Waals surface area contributed by atoms with Crippen LogP contribution in [0.1, 0.15) is 17.4 Å². The fourth-order valence-electron chi connectivity index (χ4n) is 0.845. The summed E-state index contributed by atoms with van der Waals surface area (Å²) in [5.41, 5.74) is -0.00795. The number of carboxylic acids is 1. The summed E-state index contributed by atoms with van der Waals surface area (Å²) in [6, 6.07) is 2.93. The molecule has 0 amide bonds. The van der Waals surface area contributed by atoms with Gasteiger partial charge in [0.2, 0.25) is 0 Å². The second-order valence-electron chi connectivity index (χ2n) is 2.79. The number of aromatic nitrogens is 1. The van der Waals surface area contributed by atoms with Crippen molar-refractivity contribution >= 4 is 17.6 Å². The highest BCUT2D eigenvalue weighted by Crippen LogP contribution is 2.09. The molecule has 0 saturated carbocycles. The van der Waals surface area contributed by atoms with E-state index in [2.05, 4.69) is 4.98 Å². The maximum absolute atomic E-state index is 10.5. The van der Waals surface area contributed by atoms with Crippen molar-refractivity contribution in [3.8, 4) is 5.75 Å². The van der Waals surface area contributed by atoms with Crippen molar-refractivity contribution < 1.29 is 14.6 Å². The molecule has 1 aromatic rings. The van der Waals surface area contributed by atoms with Crippen molar-refractivity contribution in [1.82, 2.24) is 4.98 Å². The van der Waals surface area contributed by atoms with Gasteiger partial charge in [-0.1, -0.05) is 11.6 Å². The zero-order valence-corrected chi connectivity index (χ0v) is 8.86. The molecule has 0 aromatic carbocycles. The molecule has 80 valence electrons. The SMILES string of the molecule is CC(Cl)=CCOc1ccc(C(=O)O)nc1. The van der Waals surface area contributed by atoms with Gasteiger partial charge in [0.15, 0.2) is 0 Å². The van der Waals surface area contributed by atoms with Gasteiger partial charge in [0.25, 0.3) is 0 Å². The lowest BCUT2D eigenvalue weighted by molar-refractivity contribution is 0.0690. The molecule has 0 aliphatic carbocycles. The molecule has 0 saturated heterocycles. The highest BCUT2D eigenvalue weighted by molar-refractivity contribution is 6.29. The van der Waals surface area contributed by atoms with Gasteiger partial charge < -0.3 is 9.84 Å². The van der Waals surface area contributed by atoms with Crippen LogP contribution in [0.5, 0.6) is 5.75 Å². The maximum Gasteiger partial charge on any atom is 0.354 e. The zero-order valence-electron chi connectivity index (χ0n) is 8.11. The Bertz CT molecular complexity index is 369. The van der Waals surface area contributed by atoms with Crippen LogP contribution in [0.25, 0.3) is 0 Å². The van der Waals surface area contributed by atoms with Gasteiger partial charge in [-0.15, -0.1) is 0 Å². The summed E-state index contributed by atoms with van der Waals surface area (Å²) in [7, 11) is 0. The number of aromatic carboxylic acids is 1. The first-order chi connectivity index (χ1) is 7.09. The Kier molecular flexibility index (Phi) is 4.12. The van der Waals surface area contributed by atoms with Crippen LogP contribution in [-0.2, 0) is 0 Å². The summed E-state index contributed by atoms with van der Waals surface area (Å²) in [6.07, 6.45) is 3.06. The minimum Gasteiger partial charge on any atom is -0.488 e. The molecule has 0 unspecified atom stereocenters. The summed E-state index contributed by atoms with van der Waals surface area (Å²) >= 11 is 5.60. The third-order valence-electron chi connectivity index (χ3n) is 1.57. The van der Waals surface area contributed by atoms with E-state index in [1.165, 1.54) is 12.3 Å². The van der Waals surface area contributed by atoms with Crippen LogP contribution in [0, 0.1) is 0 Å². The summed E-state index contributed by atoms with van der Waals surface area (Å²) in [6.45, 7) is 2.08. The first-order valence-corrected chi connectivity index (χ1v) is 4.62. The van der Waals surface area contributed by atoms with Gasteiger partial charge >= 0.3 is 5.97 Å². The van der Waals surface area contributed by atoms with E-state index in [-0.39, 0.29) is 5.69 Å². The minimum atomic E-state index is -1.06. The second kappa shape index (κ2) is 5.36. The van der Waals surface area contributed by atoms with Crippen molar-refractivity contribution in [3.63, 3.8) is 0 Å². The van der Waals surface area contributed by atoms with Crippen LogP contribution in [0.4, 0.5) is 0 Å². The highest BCUT2D eigenvalue weighted by Gasteiger charge is 2.03. The predicted molar refractivity (Wildman–Crippen MR) is 56.3 cm³/mol. The molecule has 1 rings (SSSR count). The van der Waals surface area contributed by atoms with Crippen molar-refractivity contribution in [2.75, 3.05) is 6.61 Å². The molecule has 1 heterocycles. The number of pyridine rings is 1. The van der Waals surface area contributed by atoms with Crippen molar-refractivity contribution in [3.05, 3.63) is 35.1 Å². The Morgan fingerprint density at radius 2 is 2.40 bits per heavy atom. The van der Waals surface area contributed by atoms with Gasteiger partial charge in [0, 0.05) is 5.03 Å². The Morgan fingerprint density at radius 1 is 1.67 bits per heavy atom. The highest BCUT2D eigenvalue weighted by atomic mass is 35.5. The zero-order chi connectivity index (χ0) is 11.3. The molecular weight excluding hydrogens is 218 g/mol. The molecule has 1 aromatic heterocycles. The van der Waals surface area contributed by atoms with Gasteiger partial charge in [-0.25, -0.2) is 9.78 Å². The average molecular weight is 228 g/mol. The lowest BCUT2D eigenvalue weighted by Gasteiger charge is -2.02. The van der Waals surface area contributed by atoms with Crippen LogP contribution in [0.3, 0.4) is 0 Å². The van der Waals surface area contributed by atoms with Crippen molar-refractivity contribution in [2.24, 2.45) is 0 Å². The Hall–Kier alpha value is -1.55. The van der Waals surface area contributed by atoms with E-state index in [0.717, 1.165) is 0 Å². The first kappa shape index (κ1) is 11.5. The number of hydrogen-bond donors (Lipinski definition) is 1.